The van der Waals surface area contributed by atoms with Gasteiger partial charge in [0.05, 0.1) is 5.39 Å². The maximum Gasteiger partial charge on any atom is 0.350 e. The molecule has 0 bridgehead atoms. The lowest BCUT2D eigenvalue weighted by Crippen LogP contribution is -2.22. The summed E-state index contributed by atoms with van der Waals surface area (Å²) in [7, 11) is 0. The Hall–Kier alpha value is -1.58. The van der Waals surface area contributed by atoms with Gasteiger partial charge in [-0.2, -0.15) is 4.98 Å². The summed E-state index contributed by atoms with van der Waals surface area (Å²) in [6.45, 7) is 5.17. The molecule has 0 aliphatic carbocycles. The van der Waals surface area contributed by atoms with Crippen LogP contribution in [0.1, 0.15) is 77.4 Å². The Balaban J connectivity index is 1.95. The topological polar surface area (TPSA) is 48.0 Å². The van der Waals surface area contributed by atoms with Gasteiger partial charge in [0, 0.05) is 19.2 Å². The fourth-order valence-electron chi connectivity index (χ4n) is 2.90. The highest BCUT2D eigenvalue weighted by atomic mass is 16.3. The zero-order chi connectivity index (χ0) is 16.5. The van der Waals surface area contributed by atoms with Gasteiger partial charge >= 0.3 is 5.69 Å². The van der Waals surface area contributed by atoms with Crippen molar-refractivity contribution in [1.82, 2.24) is 9.55 Å². The third-order valence-electron chi connectivity index (χ3n) is 4.31. The Morgan fingerprint density at radius 3 is 2.43 bits per heavy atom. The number of aryl methyl sites for hydroxylation is 2. The Bertz CT molecular complexity index is 642. The lowest BCUT2D eigenvalue weighted by Gasteiger charge is -2.04. The van der Waals surface area contributed by atoms with Crippen LogP contribution in [0.15, 0.2) is 21.5 Å². The van der Waals surface area contributed by atoms with Gasteiger partial charge in [-0.3, -0.25) is 4.57 Å². The molecule has 0 amide bonds. The summed E-state index contributed by atoms with van der Waals surface area (Å²) < 4.78 is 7.44. The Kier molecular flexibility index (Phi) is 7.37. The number of fused-ring (bicyclic) bond motifs is 1. The van der Waals surface area contributed by atoms with E-state index >= 15 is 0 Å². The standard InChI is InChI=1S/C19H30N2O2/c1-3-5-7-9-11-13-21-15-16-14-17(12-10-8-6-4-2)23-18(16)20-19(21)22/h14-15H,3-13H2,1-2H3. The summed E-state index contributed by atoms with van der Waals surface area (Å²) in [4.78, 5) is 16.1. The highest BCUT2D eigenvalue weighted by Gasteiger charge is 2.08. The molecule has 0 atom stereocenters. The molecule has 0 N–H and O–H groups in total. The molecule has 4 nitrogen and oxygen atoms in total. The van der Waals surface area contributed by atoms with Crippen molar-refractivity contribution in [3.05, 3.63) is 28.5 Å². The van der Waals surface area contributed by atoms with Crippen LogP contribution in [0.4, 0.5) is 0 Å². The average Bonchev–Trinajstić information content (AvgIpc) is 2.93. The minimum Gasteiger partial charge on any atom is -0.443 e. The summed E-state index contributed by atoms with van der Waals surface area (Å²) in [6.07, 6.45) is 13.7. The smallest absolute Gasteiger partial charge is 0.350 e. The van der Waals surface area contributed by atoms with Crippen molar-refractivity contribution in [2.45, 2.75) is 84.6 Å². The van der Waals surface area contributed by atoms with Crippen LogP contribution in [-0.4, -0.2) is 9.55 Å². The van der Waals surface area contributed by atoms with Crippen molar-refractivity contribution in [2.24, 2.45) is 0 Å². The quantitative estimate of drug-likeness (QED) is 0.543. The molecule has 2 rings (SSSR count). The minimum absolute atomic E-state index is 0.195. The molecule has 0 fully saturated rings. The van der Waals surface area contributed by atoms with Crippen molar-refractivity contribution < 1.29 is 4.42 Å². The van der Waals surface area contributed by atoms with Crippen LogP contribution in [0.5, 0.6) is 0 Å². The van der Waals surface area contributed by atoms with Crippen LogP contribution in [-0.2, 0) is 13.0 Å². The fraction of sp³-hybridized carbons (Fsp3) is 0.684. The van der Waals surface area contributed by atoms with E-state index in [1.54, 1.807) is 4.57 Å². The van der Waals surface area contributed by atoms with Crippen LogP contribution in [0.25, 0.3) is 11.1 Å². The van der Waals surface area contributed by atoms with E-state index in [9.17, 15) is 4.79 Å². The van der Waals surface area contributed by atoms with E-state index in [1.165, 1.54) is 44.9 Å². The molecule has 0 saturated carbocycles. The summed E-state index contributed by atoms with van der Waals surface area (Å²) in [6, 6.07) is 2.04. The van der Waals surface area contributed by atoms with Crippen LogP contribution in [0, 0.1) is 0 Å². The van der Waals surface area contributed by atoms with E-state index in [4.69, 9.17) is 4.42 Å². The Morgan fingerprint density at radius 1 is 1.00 bits per heavy atom. The van der Waals surface area contributed by atoms with Gasteiger partial charge in [-0.1, -0.05) is 58.8 Å². The lowest BCUT2D eigenvalue weighted by atomic mass is 10.1. The number of rotatable bonds is 11. The summed E-state index contributed by atoms with van der Waals surface area (Å²) in [5.41, 5.74) is 0.294. The first-order valence-electron chi connectivity index (χ1n) is 9.24. The number of nitrogens with zero attached hydrogens (tertiary/aromatic N) is 2. The van der Waals surface area contributed by atoms with Crippen LogP contribution >= 0.6 is 0 Å². The van der Waals surface area contributed by atoms with E-state index < -0.39 is 0 Å². The largest absolute Gasteiger partial charge is 0.443 e. The normalized spacial score (nSPS) is 11.4. The van der Waals surface area contributed by atoms with Crippen molar-refractivity contribution in [3.8, 4) is 0 Å². The van der Waals surface area contributed by atoms with Gasteiger partial charge in [-0.25, -0.2) is 4.79 Å². The Morgan fingerprint density at radius 2 is 1.70 bits per heavy atom. The monoisotopic (exact) mass is 318 g/mol. The van der Waals surface area contributed by atoms with Gasteiger partial charge in [0.2, 0.25) is 5.71 Å². The van der Waals surface area contributed by atoms with E-state index in [1.807, 2.05) is 12.3 Å². The highest BCUT2D eigenvalue weighted by molar-refractivity contribution is 5.72. The predicted molar refractivity (Wildman–Crippen MR) is 94.9 cm³/mol. The molecule has 0 aromatic carbocycles. The number of unbranched alkanes of at least 4 members (excludes halogenated alkanes) is 7. The van der Waals surface area contributed by atoms with Crippen molar-refractivity contribution >= 4 is 11.1 Å². The SMILES string of the molecule is CCCCCCCn1cc2cc(CCCCCC)oc2nc1=O. The first kappa shape index (κ1) is 17.8. The van der Waals surface area contributed by atoms with E-state index in [-0.39, 0.29) is 5.69 Å². The van der Waals surface area contributed by atoms with Gasteiger partial charge in [0.25, 0.3) is 0 Å². The maximum absolute atomic E-state index is 12.1. The fourth-order valence-corrected chi connectivity index (χ4v) is 2.90. The molecule has 23 heavy (non-hydrogen) atoms. The lowest BCUT2D eigenvalue weighted by molar-refractivity contribution is 0.513. The minimum atomic E-state index is -0.195. The van der Waals surface area contributed by atoms with E-state index in [0.29, 0.717) is 5.71 Å². The number of hydrogen-bond acceptors (Lipinski definition) is 3. The van der Waals surface area contributed by atoms with Crippen LogP contribution in [0.3, 0.4) is 0 Å². The van der Waals surface area contributed by atoms with Crippen LogP contribution in [0.2, 0.25) is 0 Å². The van der Waals surface area contributed by atoms with Crippen molar-refractivity contribution in [1.29, 1.82) is 0 Å². The molecule has 0 aliphatic heterocycles. The van der Waals surface area contributed by atoms with E-state index in [0.717, 1.165) is 37.0 Å². The third kappa shape index (κ3) is 5.52. The average molecular weight is 318 g/mol. The molecule has 0 unspecified atom stereocenters. The molecule has 0 aliphatic rings. The molecule has 2 aromatic heterocycles. The van der Waals surface area contributed by atoms with Crippen molar-refractivity contribution in [3.63, 3.8) is 0 Å². The highest BCUT2D eigenvalue weighted by Crippen LogP contribution is 2.18. The summed E-state index contributed by atoms with van der Waals surface area (Å²) in [5.74, 6) is 0.948. The third-order valence-corrected chi connectivity index (χ3v) is 4.31. The van der Waals surface area contributed by atoms with Gasteiger partial charge in [0.1, 0.15) is 5.76 Å². The molecule has 2 heterocycles. The molecule has 2 aromatic rings. The Labute approximate surface area is 138 Å². The van der Waals surface area contributed by atoms with Crippen LogP contribution < -0.4 is 5.69 Å². The second-order valence-electron chi connectivity index (χ2n) is 6.41. The molecule has 128 valence electrons. The second kappa shape index (κ2) is 9.53. The van der Waals surface area contributed by atoms with E-state index in [2.05, 4.69) is 18.8 Å². The predicted octanol–water partition coefficient (Wildman–Crippen LogP) is 5.08. The second-order valence-corrected chi connectivity index (χ2v) is 6.41. The van der Waals surface area contributed by atoms with Gasteiger partial charge in [0.15, 0.2) is 0 Å². The molecule has 0 spiro atoms. The number of hydrogen-bond donors (Lipinski definition) is 0. The zero-order valence-corrected chi connectivity index (χ0v) is 14.6. The molecular weight excluding hydrogens is 288 g/mol. The maximum atomic E-state index is 12.1. The number of aromatic nitrogens is 2. The molecule has 0 saturated heterocycles. The van der Waals surface area contributed by atoms with Gasteiger partial charge in [-0.05, 0) is 18.9 Å². The molecule has 4 heteroatoms. The van der Waals surface area contributed by atoms with Crippen molar-refractivity contribution in [2.75, 3.05) is 0 Å². The van der Waals surface area contributed by atoms with Gasteiger partial charge < -0.3 is 4.42 Å². The first-order valence-corrected chi connectivity index (χ1v) is 9.24. The summed E-state index contributed by atoms with van der Waals surface area (Å²) in [5, 5.41) is 0.948. The molecule has 0 radical (unpaired) electrons. The van der Waals surface area contributed by atoms with Gasteiger partial charge in [-0.15, -0.1) is 0 Å². The summed E-state index contributed by atoms with van der Waals surface area (Å²) >= 11 is 0. The zero-order valence-electron chi connectivity index (χ0n) is 14.6. The molecular formula is C19H30N2O2. The first-order chi connectivity index (χ1) is 11.2. The number of furan rings is 1.